The van der Waals surface area contributed by atoms with Crippen molar-refractivity contribution in [2.24, 2.45) is 0 Å². The van der Waals surface area contributed by atoms with E-state index < -0.39 is 5.97 Å². The summed E-state index contributed by atoms with van der Waals surface area (Å²) in [6, 6.07) is 6.73. The summed E-state index contributed by atoms with van der Waals surface area (Å²) in [5.74, 6) is -1.11. The van der Waals surface area contributed by atoms with E-state index in [9.17, 15) is 14.7 Å². The average Bonchev–Trinajstić information content (AvgIpc) is 2.79. The molecule has 1 aromatic carbocycles. The van der Waals surface area contributed by atoms with Crippen LogP contribution >= 0.6 is 0 Å². The summed E-state index contributed by atoms with van der Waals surface area (Å²) < 4.78 is 7.14. The van der Waals surface area contributed by atoms with Gasteiger partial charge < -0.3 is 14.4 Å². The van der Waals surface area contributed by atoms with E-state index >= 15 is 0 Å². The van der Waals surface area contributed by atoms with E-state index in [1.165, 1.54) is 12.1 Å². The van der Waals surface area contributed by atoms with Crippen LogP contribution in [0, 0.1) is 20.8 Å². The van der Waals surface area contributed by atoms with Gasteiger partial charge in [-0.05, 0) is 58.4 Å². The van der Waals surface area contributed by atoms with Crippen LogP contribution in [0.1, 0.15) is 57.6 Å². The van der Waals surface area contributed by atoms with Crippen LogP contribution in [-0.2, 0) is 4.74 Å². The lowest BCUT2D eigenvalue weighted by molar-refractivity contribution is 0.0471. The molecule has 1 heterocycles. The second-order valence-electron chi connectivity index (χ2n) is 6.27. The van der Waals surface area contributed by atoms with Crippen LogP contribution in [0.15, 0.2) is 24.3 Å². The zero-order valence-corrected chi connectivity index (χ0v) is 14.7. The summed E-state index contributed by atoms with van der Waals surface area (Å²) >= 11 is 0. The maximum absolute atomic E-state index is 12.4. The highest BCUT2D eigenvalue weighted by molar-refractivity contribution is 6.01. The first-order valence-corrected chi connectivity index (χ1v) is 7.90. The number of ketones is 1. The van der Waals surface area contributed by atoms with Gasteiger partial charge in [0.25, 0.3) is 0 Å². The Morgan fingerprint density at radius 2 is 1.79 bits per heavy atom. The van der Waals surface area contributed by atoms with Crippen molar-refractivity contribution in [3.8, 4) is 5.75 Å². The van der Waals surface area contributed by atoms with Crippen molar-refractivity contribution in [2.75, 3.05) is 6.61 Å². The Labute approximate surface area is 141 Å². The Morgan fingerprint density at radius 1 is 1.12 bits per heavy atom. The number of aromatic nitrogens is 1. The number of rotatable bonds is 5. The Morgan fingerprint density at radius 3 is 2.33 bits per heavy atom. The fourth-order valence-electron chi connectivity index (χ4n) is 2.95. The Bertz CT molecular complexity index is 787. The van der Waals surface area contributed by atoms with E-state index in [4.69, 9.17) is 4.74 Å². The van der Waals surface area contributed by atoms with Gasteiger partial charge in [-0.1, -0.05) is 6.07 Å². The molecule has 0 amide bonds. The smallest absolute Gasteiger partial charge is 0.342 e. The fraction of sp³-hybridized carbons (Fsp3) is 0.368. The van der Waals surface area contributed by atoms with E-state index in [0.717, 1.165) is 17.0 Å². The number of carbonyl (C=O) groups excluding carboxylic acids is 2. The summed E-state index contributed by atoms with van der Waals surface area (Å²) in [6.45, 7) is 9.38. The average molecular weight is 329 g/mol. The van der Waals surface area contributed by atoms with Crippen LogP contribution < -0.4 is 0 Å². The predicted molar refractivity (Wildman–Crippen MR) is 91.7 cm³/mol. The third kappa shape index (κ3) is 3.50. The molecule has 0 bridgehead atoms. The predicted octanol–water partition coefficient (Wildman–Crippen LogP) is 3.74. The first-order chi connectivity index (χ1) is 11.2. The maximum Gasteiger partial charge on any atom is 0.342 e. The molecule has 2 aromatic rings. The minimum Gasteiger partial charge on any atom is -0.507 e. The molecule has 0 unspecified atom stereocenters. The van der Waals surface area contributed by atoms with Gasteiger partial charge in [0.2, 0.25) is 5.78 Å². The van der Waals surface area contributed by atoms with Crippen LogP contribution in [-0.4, -0.2) is 28.0 Å². The van der Waals surface area contributed by atoms with Gasteiger partial charge in [-0.3, -0.25) is 4.79 Å². The zero-order valence-electron chi connectivity index (χ0n) is 14.7. The second kappa shape index (κ2) is 6.91. The first-order valence-electron chi connectivity index (χ1n) is 7.90. The molecule has 0 aliphatic carbocycles. The van der Waals surface area contributed by atoms with E-state index in [1.807, 2.05) is 26.8 Å². The number of aryl methyl sites for hydroxylation is 2. The Kier molecular flexibility index (Phi) is 5.12. The van der Waals surface area contributed by atoms with E-state index in [-0.39, 0.29) is 29.7 Å². The number of benzene rings is 1. The lowest BCUT2D eigenvalue weighted by atomic mass is 10.1. The van der Waals surface area contributed by atoms with Gasteiger partial charge in [-0.15, -0.1) is 0 Å². The standard InChI is InChI=1S/C19H23NO4/c1-11(2)20-13(4)9-16(14(20)5)18(22)10-24-19(23)15-7-6-12(3)8-17(15)21/h6-9,11,21H,10H2,1-5H3. The number of phenols is 1. The van der Waals surface area contributed by atoms with Gasteiger partial charge in [0.1, 0.15) is 11.3 Å². The second-order valence-corrected chi connectivity index (χ2v) is 6.27. The molecule has 1 aromatic heterocycles. The van der Waals surface area contributed by atoms with Crippen LogP contribution in [0.4, 0.5) is 0 Å². The van der Waals surface area contributed by atoms with Crippen molar-refractivity contribution in [1.29, 1.82) is 0 Å². The molecule has 0 aliphatic rings. The van der Waals surface area contributed by atoms with Crippen molar-refractivity contribution in [1.82, 2.24) is 4.57 Å². The number of hydrogen-bond donors (Lipinski definition) is 1. The quantitative estimate of drug-likeness (QED) is 0.670. The van der Waals surface area contributed by atoms with Gasteiger partial charge in [-0.25, -0.2) is 4.79 Å². The number of esters is 1. The van der Waals surface area contributed by atoms with Gasteiger partial charge in [0, 0.05) is 23.0 Å². The van der Waals surface area contributed by atoms with Gasteiger partial charge >= 0.3 is 5.97 Å². The molecular weight excluding hydrogens is 306 g/mol. The number of Topliss-reactive ketones (excluding diaryl/α,β-unsaturated/α-hetero) is 1. The van der Waals surface area contributed by atoms with Gasteiger partial charge in [0.05, 0.1) is 0 Å². The third-order valence-electron chi connectivity index (χ3n) is 4.01. The molecule has 5 heteroatoms. The van der Waals surface area contributed by atoms with E-state index in [1.54, 1.807) is 6.07 Å². The molecule has 0 fully saturated rings. The van der Waals surface area contributed by atoms with Crippen molar-refractivity contribution in [3.05, 3.63) is 52.3 Å². The SMILES string of the molecule is Cc1ccc(C(=O)OCC(=O)c2cc(C)n(C(C)C)c2C)c(O)c1. The molecule has 0 radical (unpaired) electrons. The highest BCUT2D eigenvalue weighted by atomic mass is 16.5. The van der Waals surface area contributed by atoms with Crippen LogP contribution in [0.2, 0.25) is 0 Å². The minimum atomic E-state index is -0.710. The monoisotopic (exact) mass is 329 g/mol. The van der Waals surface area contributed by atoms with Crippen molar-refractivity contribution in [3.63, 3.8) is 0 Å². The number of carbonyl (C=O) groups is 2. The summed E-state index contributed by atoms with van der Waals surface area (Å²) in [5.41, 5.74) is 3.31. The molecule has 0 spiro atoms. The molecule has 24 heavy (non-hydrogen) atoms. The zero-order chi connectivity index (χ0) is 18.0. The number of ether oxygens (including phenoxy) is 1. The number of phenolic OH excluding ortho intramolecular Hbond substituents is 1. The van der Waals surface area contributed by atoms with Crippen molar-refractivity contribution >= 4 is 11.8 Å². The topological polar surface area (TPSA) is 68.5 Å². The highest BCUT2D eigenvalue weighted by Crippen LogP contribution is 2.22. The molecule has 0 saturated heterocycles. The van der Waals surface area contributed by atoms with Crippen molar-refractivity contribution < 1.29 is 19.4 Å². The molecular formula is C19H23NO4. The molecule has 128 valence electrons. The molecule has 0 atom stereocenters. The van der Waals surface area contributed by atoms with Crippen LogP contribution in [0.3, 0.4) is 0 Å². The minimum absolute atomic E-state index is 0.0565. The summed E-state index contributed by atoms with van der Waals surface area (Å²) in [6.07, 6.45) is 0. The van der Waals surface area contributed by atoms with Gasteiger partial charge in [0.15, 0.2) is 6.61 Å². The Hall–Kier alpha value is -2.56. The molecule has 2 rings (SSSR count). The molecule has 1 N–H and O–H groups in total. The lowest BCUT2D eigenvalue weighted by Crippen LogP contribution is -2.15. The maximum atomic E-state index is 12.4. The fourth-order valence-corrected chi connectivity index (χ4v) is 2.95. The van der Waals surface area contributed by atoms with Gasteiger partial charge in [-0.2, -0.15) is 0 Å². The number of hydrogen-bond acceptors (Lipinski definition) is 4. The highest BCUT2D eigenvalue weighted by Gasteiger charge is 2.20. The Balaban J connectivity index is 2.11. The summed E-state index contributed by atoms with van der Waals surface area (Å²) in [5, 5.41) is 9.80. The number of aromatic hydroxyl groups is 1. The summed E-state index contributed by atoms with van der Waals surface area (Å²) in [4.78, 5) is 24.4. The molecule has 0 aliphatic heterocycles. The van der Waals surface area contributed by atoms with E-state index in [0.29, 0.717) is 5.56 Å². The first kappa shape index (κ1) is 17.8. The van der Waals surface area contributed by atoms with Crippen LogP contribution in [0.25, 0.3) is 0 Å². The molecule has 5 nitrogen and oxygen atoms in total. The number of nitrogens with zero attached hydrogens (tertiary/aromatic N) is 1. The lowest BCUT2D eigenvalue weighted by Gasteiger charge is -2.13. The van der Waals surface area contributed by atoms with Crippen LogP contribution in [0.5, 0.6) is 5.75 Å². The largest absolute Gasteiger partial charge is 0.507 e. The van der Waals surface area contributed by atoms with E-state index in [2.05, 4.69) is 18.4 Å². The third-order valence-corrected chi connectivity index (χ3v) is 4.01. The van der Waals surface area contributed by atoms with Crippen molar-refractivity contribution in [2.45, 2.75) is 40.7 Å². The normalized spacial score (nSPS) is 10.9. The summed E-state index contributed by atoms with van der Waals surface area (Å²) in [7, 11) is 0. The molecule has 0 saturated carbocycles.